The number of carbonyl (C=O) groups excluding carboxylic acids is 1. The maximum absolute atomic E-state index is 13.6. The number of ether oxygens (including phenoxy) is 1. The van der Waals surface area contributed by atoms with Gasteiger partial charge in [-0.15, -0.1) is 0 Å². The summed E-state index contributed by atoms with van der Waals surface area (Å²) >= 11 is 6.16. The monoisotopic (exact) mass is 392 g/mol. The molecule has 0 N–H and O–H groups in total. The van der Waals surface area contributed by atoms with Crippen molar-refractivity contribution in [2.45, 2.75) is 6.61 Å². The zero-order chi connectivity index (χ0) is 19.8. The number of para-hydroxylation sites is 1. The molecule has 0 aliphatic carbocycles. The minimum atomic E-state index is -0.367. The third-order valence-corrected chi connectivity index (χ3v) is 4.39. The second kappa shape index (κ2) is 9.67. The lowest BCUT2D eigenvalue weighted by Crippen LogP contribution is -1.97. The highest BCUT2D eigenvalue weighted by molar-refractivity contribution is 6.31. The van der Waals surface area contributed by atoms with Crippen LogP contribution in [0.3, 0.4) is 0 Å². The summed E-state index contributed by atoms with van der Waals surface area (Å²) in [4.78, 5) is 12.1. The molecule has 4 heteroatoms. The normalized spacial score (nSPS) is 11.2. The zero-order valence-electron chi connectivity index (χ0n) is 15.0. The van der Waals surface area contributed by atoms with Gasteiger partial charge in [-0.2, -0.15) is 0 Å². The number of carbonyl (C=O) groups is 1. The maximum Gasteiger partial charge on any atom is 0.178 e. The molecule has 140 valence electrons. The second-order valence-electron chi connectivity index (χ2n) is 6.01. The van der Waals surface area contributed by atoms with Gasteiger partial charge in [0.2, 0.25) is 0 Å². The Labute approximate surface area is 168 Å². The molecule has 0 amide bonds. The summed E-state index contributed by atoms with van der Waals surface area (Å²) < 4.78 is 19.5. The van der Waals surface area contributed by atoms with E-state index in [0.717, 1.165) is 11.1 Å². The standard InChI is InChI=1S/C24H18ClFO2/c25-22-10-4-1-9-20(22)17-28-24-12-6-3-8-19(24)14-16-21(27)15-13-18-7-2-5-11-23(18)26/h1-16H,17H2/b15-13+,16-14+. The van der Waals surface area contributed by atoms with E-state index in [2.05, 4.69) is 0 Å². The summed E-state index contributed by atoms with van der Waals surface area (Å²) in [7, 11) is 0. The molecule has 0 saturated carbocycles. The molecule has 0 aromatic heterocycles. The first kappa shape index (κ1) is 19.6. The Morgan fingerprint density at radius 3 is 2.21 bits per heavy atom. The molecule has 0 bridgehead atoms. The number of hydrogen-bond acceptors (Lipinski definition) is 2. The van der Waals surface area contributed by atoms with Crippen LogP contribution in [0.2, 0.25) is 5.02 Å². The van der Waals surface area contributed by atoms with Gasteiger partial charge in [0.1, 0.15) is 18.2 Å². The molecule has 2 nitrogen and oxygen atoms in total. The van der Waals surface area contributed by atoms with Crippen LogP contribution in [0, 0.1) is 5.82 Å². The first-order valence-corrected chi connectivity index (χ1v) is 9.11. The first-order chi connectivity index (χ1) is 13.6. The summed E-state index contributed by atoms with van der Waals surface area (Å²) in [6.45, 7) is 0.325. The summed E-state index contributed by atoms with van der Waals surface area (Å²) in [6, 6.07) is 21.2. The van der Waals surface area contributed by atoms with Crippen LogP contribution in [0.25, 0.3) is 12.2 Å². The molecule has 0 unspecified atom stereocenters. The fourth-order valence-electron chi connectivity index (χ4n) is 2.53. The Morgan fingerprint density at radius 2 is 1.46 bits per heavy atom. The molecule has 0 aliphatic heterocycles. The molecule has 3 aromatic carbocycles. The van der Waals surface area contributed by atoms with Crippen molar-refractivity contribution in [1.29, 1.82) is 0 Å². The number of benzene rings is 3. The molecule has 0 fully saturated rings. The van der Waals surface area contributed by atoms with Crippen molar-refractivity contribution in [1.82, 2.24) is 0 Å². The van der Waals surface area contributed by atoms with E-state index in [1.165, 1.54) is 24.3 Å². The molecule has 0 atom stereocenters. The zero-order valence-corrected chi connectivity index (χ0v) is 15.8. The van der Waals surface area contributed by atoms with E-state index < -0.39 is 0 Å². The Hall–Kier alpha value is -3.17. The molecule has 0 spiro atoms. The van der Waals surface area contributed by atoms with Crippen LogP contribution in [0.4, 0.5) is 4.39 Å². The van der Waals surface area contributed by atoms with Gasteiger partial charge in [-0.1, -0.05) is 66.2 Å². The van der Waals surface area contributed by atoms with Crippen LogP contribution in [0.15, 0.2) is 84.9 Å². The maximum atomic E-state index is 13.6. The van der Waals surface area contributed by atoms with Gasteiger partial charge in [0.15, 0.2) is 5.78 Å². The van der Waals surface area contributed by atoms with Crippen LogP contribution >= 0.6 is 11.6 Å². The predicted molar refractivity (Wildman–Crippen MR) is 112 cm³/mol. The van der Waals surface area contributed by atoms with Crippen molar-refractivity contribution < 1.29 is 13.9 Å². The molecular weight excluding hydrogens is 375 g/mol. The van der Waals surface area contributed by atoms with Gasteiger partial charge in [-0.05, 0) is 42.5 Å². The van der Waals surface area contributed by atoms with Crippen LogP contribution < -0.4 is 4.74 Å². The summed E-state index contributed by atoms with van der Waals surface area (Å²) in [6.07, 6.45) is 5.90. The van der Waals surface area contributed by atoms with Crippen LogP contribution in [0.5, 0.6) is 5.75 Å². The Bertz CT molecular complexity index is 1020. The van der Waals surface area contributed by atoms with Gasteiger partial charge in [0.05, 0.1) is 0 Å². The molecular formula is C24H18ClFO2. The number of halogens is 2. The molecule has 3 aromatic rings. The van der Waals surface area contributed by atoms with E-state index in [1.54, 1.807) is 24.3 Å². The topological polar surface area (TPSA) is 26.3 Å². The number of hydrogen-bond donors (Lipinski definition) is 0. The van der Waals surface area contributed by atoms with Gasteiger partial charge in [-0.25, -0.2) is 4.39 Å². The van der Waals surface area contributed by atoms with Crippen molar-refractivity contribution >= 4 is 29.5 Å². The smallest absolute Gasteiger partial charge is 0.178 e. The van der Waals surface area contributed by atoms with E-state index in [1.807, 2.05) is 48.5 Å². The summed E-state index contributed by atoms with van der Waals surface area (Å²) in [5.74, 6) is 0.0301. The third kappa shape index (κ3) is 5.41. The Balaban J connectivity index is 1.68. The van der Waals surface area contributed by atoms with Gasteiger partial charge < -0.3 is 4.74 Å². The van der Waals surface area contributed by atoms with Gasteiger partial charge in [-0.3, -0.25) is 4.79 Å². The molecule has 0 saturated heterocycles. The van der Waals surface area contributed by atoms with Crippen molar-refractivity contribution in [3.05, 3.63) is 112 Å². The van der Waals surface area contributed by atoms with Crippen molar-refractivity contribution in [3.8, 4) is 5.75 Å². The highest BCUT2D eigenvalue weighted by Crippen LogP contribution is 2.23. The van der Waals surface area contributed by atoms with Crippen molar-refractivity contribution in [2.24, 2.45) is 0 Å². The summed E-state index contributed by atoms with van der Waals surface area (Å²) in [5.41, 5.74) is 2.02. The molecule has 28 heavy (non-hydrogen) atoms. The third-order valence-electron chi connectivity index (χ3n) is 4.02. The number of ketones is 1. The Kier molecular flexibility index (Phi) is 6.77. The van der Waals surface area contributed by atoms with Crippen LogP contribution in [0.1, 0.15) is 16.7 Å². The van der Waals surface area contributed by atoms with Gasteiger partial charge in [0.25, 0.3) is 0 Å². The van der Waals surface area contributed by atoms with E-state index >= 15 is 0 Å². The fourth-order valence-corrected chi connectivity index (χ4v) is 2.72. The lowest BCUT2D eigenvalue weighted by Gasteiger charge is -2.10. The quantitative estimate of drug-likeness (QED) is 0.437. The van der Waals surface area contributed by atoms with Crippen LogP contribution in [-0.2, 0) is 11.4 Å². The molecule has 0 aliphatic rings. The Morgan fingerprint density at radius 1 is 0.857 bits per heavy atom. The van der Waals surface area contributed by atoms with Gasteiger partial charge in [0, 0.05) is 21.7 Å². The lowest BCUT2D eigenvalue weighted by atomic mass is 10.1. The highest BCUT2D eigenvalue weighted by Gasteiger charge is 2.04. The first-order valence-electron chi connectivity index (χ1n) is 8.73. The minimum Gasteiger partial charge on any atom is -0.488 e. The minimum absolute atomic E-state index is 0.246. The van der Waals surface area contributed by atoms with E-state index in [-0.39, 0.29) is 11.6 Å². The SMILES string of the molecule is O=C(/C=C/c1ccccc1F)/C=C/c1ccccc1OCc1ccccc1Cl. The van der Waals surface area contributed by atoms with E-state index in [0.29, 0.717) is 22.9 Å². The molecule has 0 heterocycles. The van der Waals surface area contributed by atoms with Gasteiger partial charge >= 0.3 is 0 Å². The molecule has 0 radical (unpaired) electrons. The number of rotatable bonds is 7. The fraction of sp³-hybridized carbons (Fsp3) is 0.0417. The van der Waals surface area contributed by atoms with Crippen LogP contribution in [-0.4, -0.2) is 5.78 Å². The molecule has 3 rings (SSSR count). The van der Waals surface area contributed by atoms with E-state index in [9.17, 15) is 9.18 Å². The average molecular weight is 393 g/mol. The largest absolute Gasteiger partial charge is 0.488 e. The summed E-state index contributed by atoms with van der Waals surface area (Å²) in [5, 5.41) is 0.643. The lowest BCUT2D eigenvalue weighted by molar-refractivity contribution is -0.110. The second-order valence-corrected chi connectivity index (χ2v) is 6.42. The highest BCUT2D eigenvalue weighted by atomic mass is 35.5. The predicted octanol–water partition coefficient (Wildman–Crippen LogP) is 6.35. The average Bonchev–Trinajstić information content (AvgIpc) is 2.71. The van der Waals surface area contributed by atoms with Crippen molar-refractivity contribution in [2.75, 3.05) is 0 Å². The number of allylic oxidation sites excluding steroid dienone is 2. The van der Waals surface area contributed by atoms with E-state index in [4.69, 9.17) is 16.3 Å². The van der Waals surface area contributed by atoms with Crippen molar-refractivity contribution in [3.63, 3.8) is 0 Å².